The van der Waals surface area contributed by atoms with E-state index in [-0.39, 0.29) is 11.9 Å². The number of likely N-dealkylation sites (tertiary alicyclic amines) is 1. The number of nitrogens with zero attached hydrogens (tertiary/aromatic N) is 2. The van der Waals surface area contributed by atoms with Gasteiger partial charge in [0.15, 0.2) is 0 Å². The SMILES string of the molecule is CN(C)CC1CCCN1C(=O)CC(N)C1CC1. The van der Waals surface area contributed by atoms with Crippen LogP contribution in [0.1, 0.15) is 32.1 Å². The van der Waals surface area contributed by atoms with Gasteiger partial charge in [0.05, 0.1) is 0 Å². The van der Waals surface area contributed by atoms with Crippen LogP contribution in [0.15, 0.2) is 0 Å². The normalized spacial score (nSPS) is 26.6. The Kier molecular flexibility index (Phi) is 4.05. The Morgan fingerprint density at radius 3 is 2.71 bits per heavy atom. The highest BCUT2D eigenvalue weighted by atomic mass is 16.2. The second-order valence-electron chi connectivity index (χ2n) is 5.85. The highest BCUT2D eigenvalue weighted by Gasteiger charge is 2.34. The molecule has 1 saturated carbocycles. The molecular weight excluding hydrogens is 214 g/mol. The van der Waals surface area contributed by atoms with Gasteiger partial charge in [0.25, 0.3) is 0 Å². The van der Waals surface area contributed by atoms with Crippen molar-refractivity contribution in [3.05, 3.63) is 0 Å². The molecule has 2 aliphatic rings. The smallest absolute Gasteiger partial charge is 0.224 e. The minimum absolute atomic E-state index is 0.100. The van der Waals surface area contributed by atoms with E-state index < -0.39 is 0 Å². The fourth-order valence-electron chi connectivity index (χ4n) is 2.79. The number of amides is 1. The molecule has 1 heterocycles. The molecule has 0 bridgehead atoms. The van der Waals surface area contributed by atoms with Gasteiger partial charge in [-0.3, -0.25) is 4.79 Å². The zero-order valence-corrected chi connectivity index (χ0v) is 11.1. The first kappa shape index (κ1) is 12.8. The molecule has 98 valence electrons. The van der Waals surface area contributed by atoms with Crippen molar-refractivity contribution in [1.29, 1.82) is 0 Å². The Labute approximate surface area is 104 Å². The third-order valence-electron chi connectivity index (χ3n) is 3.91. The van der Waals surface area contributed by atoms with Gasteiger partial charge in [-0.2, -0.15) is 0 Å². The van der Waals surface area contributed by atoms with Crippen LogP contribution in [-0.4, -0.2) is 55.0 Å². The van der Waals surface area contributed by atoms with Crippen LogP contribution < -0.4 is 5.73 Å². The summed E-state index contributed by atoms with van der Waals surface area (Å²) < 4.78 is 0. The number of nitrogens with two attached hydrogens (primary N) is 1. The van der Waals surface area contributed by atoms with Crippen molar-refractivity contribution in [2.24, 2.45) is 11.7 Å². The molecule has 1 amide bonds. The van der Waals surface area contributed by atoms with Gasteiger partial charge in [0.2, 0.25) is 5.91 Å². The van der Waals surface area contributed by atoms with Crippen molar-refractivity contribution in [3.8, 4) is 0 Å². The molecule has 0 aromatic heterocycles. The predicted octanol–water partition coefficient (Wildman–Crippen LogP) is 0.666. The zero-order valence-electron chi connectivity index (χ0n) is 11.1. The van der Waals surface area contributed by atoms with Crippen molar-refractivity contribution in [2.75, 3.05) is 27.2 Å². The molecule has 1 aliphatic heterocycles. The molecule has 4 heteroatoms. The minimum atomic E-state index is 0.100. The van der Waals surface area contributed by atoms with E-state index >= 15 is 0 Å². The van der Waals surface area contributed by atoms with Crippen LogP contribution in [0.5, 0.6) is 0 Å². The summed E-state index contributed by atoms with van der Waals surface area (Å²) in [6.07, 6.45) is 5.27. The third-order valence-corrected chi connectivity index (χ3v) is 3.91. The highest BCUT2D eigenvalue weighted by Crippen LogP contribution is 2.33. The average molecular weight is 239 g/mol. The molecule has 2 fully saturated rings. The van der Waals surface area contributed by atoms with Crippen molar-refractivity contribution in [1.82, 2.24) is 9.80 Å². The topological polar surface area (TPSA) is 49.6 Å². The molecule has 0 radical (unpaired) electrons. The lowest BCUT2D eigenvalue weighted by Gasteiger charge is -2.28. The lowest BCUT2D eigenvalue weighted by Crippen LogP contribution is -2.43. The summed E-state index contributed by atoms with van der Waals surface area (Å²) in [4.78, 5) is 16.4. The van der Waals surface area contributed by atoms with Crippen LogP contribution in [0.3, 0.4) is 0 Å². The first-order chi connectivity index (χ1) is 8.08. The van der Waals surface area contributed by atoms with Crippen molar-refractivity contribution in [3.63, 3.8) is 0 Å². The van der Waals surface area contributed by atoms with Gasteiger partial charge >= 0.3 is 0 Å². The minimum Gasteiger partial charge on any atom is -0.338 e. The monoisotopic (exact) mass is 239 g/mol. The molecule has 17 heavy (non-hydrogen) atoms. The fraction of sp³-hybridized carbons (Fsp3) is 0.923. The molecule has 2 unspecified atom stereocenters. The quantitative estimate of drug-likeness (QED) is 0.767. The molecule has 4 nitrogen and oxygen atoms in total. The molecule has 2 atom stereocenters. The third kappa shape index (κ3) is 3.42. The van der Waals surface area contributed by atoms with Crippen LogP contribution in [0.2, 0.25) is 0 Å². The van der Waals surface area contributed by atoms with Gasteiger partial charge < -0.3 is 15.5 Å². The Bertz CT molecular complexity index is 276. The van der Waals surface area contributed by atoms with Crippen molar-refractivity contribution < 1.29 is 4.79 Å². The summed E-state index contributed by atoms with van der Waals surface area (Å²) in [6.45, 7) is 1.90. The van der Waals surface area contributed by atoms with Gasteiger partial charge in [-0.15, -0.1) is 0 Å². The number of hydrogen-bond acceptors (Lipinski definition) is 3. The molecule has 0 aromatic carbocycles. The van der Waals surface area contributed by atoms with E-state index in [0.717, 1.165) is 25.9 Å². The summed E-state index contributed by atoms with van der Waals surface area (Å²) in [7, 11) is 4.13. The van der Waals surface area contributed by atoms with Crippen LogP contribution >= 0.6 is 0 Å². The Morgan fingerprint density at radius 1 is 1.41 bits per heavy atom. The van der Waals surface area contributed by atoms with E-state index in [1.807, 2.05) is 0 Å². The maximum Gasteiger partial charge on any atom is 0.224 e. The standard InChI is InChI=1S/C13H25N3O/c1-15(2)9-11-4-3-7-16(11)13(17)8-12(14)10-5-6-10/h10-12H,3-9,14H2,1-2H3. The molecule has 1 saturated heterocycles. The lowest BCUT2D eigenvalue weighted by molar-refractivity contribution is -0.132. The first-order valence-corrected chi connectivity index (χ1v) is 6.77. The van der Waals surface area contributed by atoms with Gasteiger partial charge in [-0.1, -0.05) is 0 Å². The fourth-order valence-corrected chi connectivity index (χ4v) is 2.79. The second-order valence-corrected chi connectivity index (χ2v) is 5.85. The largest absolute Gasteiger partial charge is 0.338 e. The molecule has 1 aliphatic carbocycles. The summed E-state index contributed by atoms with van der Waals surface area (Å²) in [5.74, 6) is 0.891. The van der Waals surface area contributed by atoms with E-state index in [1.54, 1.807) is 0 Å². The number of carbonyl (C=O) groups is 1. The maximum atomic E-state index is 12.2. The van der Waals surface area contributed by atoms with Crippen molar-refractivity contribution in [2.45, 2.75) is 44.2 Å². The summed E-state index contributed by atoms with van der Waals surface area (Å²) >= 11 is 0. The van der Waals surface area contributed by atoms with Crippen LogP contribution in [0, 0.1) is 5.92 Å². The second kappa shape index (κ2) is 5.36. The lowest BCUT2D eigenvalue weighted by atomic mass is 10.1. The predicted molar refractivity (Wildman–Crippen MR) is 68.6 cm³/mol. The molecule has 0 aromatic rings. The zero-order chi connectivity index (χ0) is 12.4. The molecular formula is C13H25N3O. The van der Waals surface area contributed by atoms with Crippen LogP contribution in [0.25, 0.3) is 0 Å². The van der Waals surface area contributed by atoms with E-state index in [2.05, 4.69) is 23.9 Å². The van der Waals surface area contributed by atoms with Crippen molar-refractivity contribution >= 4 is 5.91 Å². The van der Waals surface area contributed by atoms with Gasteiger partial charge in [0, 0.05) is 31.6 Å². The summed E-state index contributed by atoms with van der Waals surface area (Å²) in [5, 5.41) is 0. The van der Waals surface area contributed by atoms with Crippen LogP contribution in [0.4, 0.5) is 0 Å². The van der Waals surface area contributed by atoms with E-state index in [0.29, 0.717) is 18.4 Å². The van der Waals surface area contributed by atoms with Gasteiger partial charge in [-0.25, -0.2) is 0 Å². The Hall–Kier alpha value is -0.610. The Morgan fingerprint density at radius 2 is 2.12 bits per heavy atom. The van der Waals surface area contributed by atoms with Gasteiger partial charge in [-0.05, 0) is 45.7 Å². The highest BCUT2D eigenvalue weighted by molar-refractivity contribution is 5.77. The van der Waals surface area contributed by atoms with E-state index in [4.69, 9.17) is 5.73 Å². The number of likely N-dealkylation sites (N-methyl/N-ethyl adjacent to an activating group) is 1. The number of carbonyl (C=O) groups excluding carboxylic acids is 1. The maximum absolute atomic E-state index is 12.2. The molecule has 2 N–H and O–H groups in total. The summed E-state index contributed by atoms with van der Waals surface area (Å²) in [5.41, 5.74) is 6.04. The van der Waals surface area contributed by atoms with E-state index in [9.17, 15) is 4.79 Å². The number of rotatable bonds is 5. The number of hydrogen-bond donors (Lipinski definition) is 1. The Balaban J connectivity index is 1.84. The van der Waals surface area contributed by atoms with Crippen LogP contribution in [-0.2, 0) is 4.79 Å². The average Bonchev–Trinajstić information content (AvgIpc) is 2.99. The summed E-state index contributed by atoms with van der Waals surface area (Å²) in [6, 6.07) is 0.506. The molecule has 2 rings (SSSR count). The first-order valence-electron chi connectivity index (χ1n) is 6.77. The molecule has 0 spiro atoms. The van der Waals surface area contributed by atoms with Gasteiger partial charge in [0.1, 0.15) is 0 Å². The van der Waals surface area contributed by atoms with E-state index in [1.165, 1.54) is 12.8 Å².